The third-order valence-corrected chi connectivity index (χ3v) is 4.08. The van der Waals surface area contributed by atoms with Crippen LogP contribution in [0, 0.1) is 0 Å². The number of carbonyl (C=O) groups excluding carboxylic acids is 1. The third kappa shape index (κ3) is 2.45. The molecule has 1 fully saturated rings. The van der Waals surface area contributed by atoms with Crippen molar-refractivity contribution in [1.82, 2.24) is 4.90 Å². The van der Waals surface area contributed by atoms with Gasteiger partial charge >= 0.3 is 0 Å². The highest BCUT2D eigenvalue weighted by atomic mass is 16.5. The van der Waals surface area contributed by atoms with E-state index in [1.165, 1.54) is 0 Å². The fourth-order valence-corrected chi connectivity index (χ4v) is 2.64. The number of nitrogens with two attached hydrogens (primary N) is 1. The van der Waals surface area contributed by atoms with E-state index in [0.717, 1.165) is 19.4 Å². The lowest BCUT2D eigenvalue weighted by molar-refractivity contribution is 0.0359. The zero-order valence-electron chi connectivity index (χ0n) is 11.8. The summed E-state index contributed by atoms with van der Waals surface area (Å²) in [4.78, 5) is 14.6. The van der Waals surface area contributed by atoms with Crippen molar-refractivity contribution < 1.29 is 9.53 Å². The Kier molecular flexibility index (Phi) is 3.80. The lowest BCUT2D eigenvalue weighted by Gasteiger charge is -2.46. The molecule has 2 rings (SSSR count). The highest BCUT2D eigenvalue weighted by molar-refractivity contribution is 5.97. The first kappa shape index (κ1) is 13.9. The number of para-hydroxylation sites is 1. The van der Waals surface area contributed by atoms with Gasteiger partial charge in [-0.3, -0.25) is 4.79 Å². The van der Waals surface area contributed by atoms with Crippen LogP contribution in [0.2, 0.25) is 0 Å². The van der Waals surface area contributed by atoms with Gasteiger partial charge in [0.15, 0.2) is 0 Å². The van der Waals surface area contributed by atoms with Crippen molar-refractivity contribution in [1.29, 1.82) is 0 Å². The second-order valence-electron chi connectivity index (χ2n) is 5.56. The molecule has 1 atom stereocenters. The summed E-state index contributed by atoms with van der Waals surface area (Å²) in [5.74, 6) is 0.611. The molecule has 4 heteroatoms. The van der Waals surface area contributed by atoms with Gasteiger partial charge in [0, 0.05) is 12.6 Å². The van der Waals surface area contributed by atoms with Gasteiger partial charge in [-0.2, -0.15) is 0 Å². The Hall–Kier alpha value is -1.55. The van der Waals surface area contributed by atoms with Crippen LogP contribution in [0.25, 0.3) is 0 Å². The van der Waals surface area contributed by atoms with Gasteiger partial charge in [0.2, 0.25) is 0 Å². The zero-order valence-corrected chi connectivity index (χ0v) is 11.8. The van der Waals surface area contributed by atoms with Crippen LogP contribution in [0.5, 0.6) is 5.75 Å². The van der Waals surface area contributed by atoms with Crippen LogP contribution >= 0.6 is 0 Å². The first-order valence-electron chi connectivity index (χ1n) is 6.69. The van der Waals surface area contributed by atoms with Gasteiger partial charge in [0.1, 0.15) is 5.75 Å². The van der Waals surface area contributed by atoms with Gasteiger partial charge < -0.3 is 15.4 Å². The lowest BCUT2D eigenvalue weighted by atomic mass is 9.85. The Morgan fingerprint density at radius 1 is 1.42 bits per heavy atom. The molecule has 0 radical (unpaired) electrons. The van der Waals surface area contributed by atoms with Crippen molar-refractivity contribution in [3.63, 3.8) is 0 Å². The molecule has 1 heterocycles. The first-order valence-corrected chi connectivity index (χ1v) is 6.69. The normalized spacial score (nSPS) is 22.1. The molecule has 1 aliphatic heterocycles. The van der Waals surface area contributed by atoms with E-state index in [4.69, 9.17) is 10.5 Å². The van der Waals surface area contributed by atoms with Crippen molar-refractivity contribution in [3.8, 4) is 5.75 Å². The maximum Gasteiger partial charge on any atom is 0.258 e. The molecular formula is C15H22N2O2. The van der Waals surface area contributed by atoms with E-state index in [0.29, 0.717) is 11.3 Å². The van der Waals surface area contributed by atoms with E-state index < -0.39 is 0 Å². The van der Waals surface area contributed by atoms with Crippen molar-refractivity contribution in [2.45, 2.75) is 38.3 Å². The Labute approximate surface area is 114 Å². The summed E-state index contributed by atoms with van der Waals surface area (Å²) in [7, 11) is 1.58. The van der Waals surface area contributed by atoms with Crippen LogP contribution in [0.15, 0.2) is 24.3 Å². The highest BCUT2D eigenvalue weighted by Crippen LogP contribution is 2.30. The Morgan fingerprint density at radius 3 is 2.79 bits per heavy atom. The molecule has 104 valence electrons. The van der Waals surface area contributed by atoms with E-state index in [9.17, 15) is 4.79 Å². The number of likely N-dealkylation sites (tertiary alicyclic amines) is 1. The molecule has 1 aromatic carbocycles. The molecule has 1 aliphatic rings. The standard InChI is InChI=1S/C15H22N2O2/c1-15(2)13(16)9-6-10-17(15)14(18)11-7-4-5-8-12(11)19-3/h4-5,7-8,13H,6,9-10,16H2,1-3H3. The van der Waals surface area contributed by atoms with Gasteiger partial charge in [0.05, 0.1) is 18.2 Å². The number of piperidine rings is 1. The molecule has 1 saturated heterocycles. The minimum atomic E-state index is -0.323. The minimum absolute atomic E-state index is 0.00222. The predicted octanol–water partition coefficient (Wildman–Crippen LogP) is 2.04. The molecule has 0 bridgehead atoms. The number of hydrogen-bond acceptors (Lipinski definition) is 3. The first-order chi connectivity index (χ1) is 8.98. The van der Waals surface area contributed by atoms with Gasteiger partial charge in [-0.05, 0) is 38.8 Å². The lowest BCUT2D eigenvalue weighted by Crippen LogP contribution is -2.61. The topological polar surface area (TPSA) is 55.6 Å². The largest absolute Gasteiger partial charge is 0.496 e. The zero-order chi connectivity index (χ0) is 14.0. The van der Waals surface area contributed by atoms with Gasteiger partial charge in [0.25, 0.3) is 5.91 Å². The molecule has 1 unspecified atom stereocenters. The Balaban J connectivity index is 2.33. The minimum Gasteiger partial charge on any atom is -0.496 e. The monoisotopic (exact) mass is 262 g/mol. The molecule has 1 amide bonds. The Morgan fingerprint density at radius 2 is 2.11 bits per heavy atom. The maximum atomic E-state index is 12.7. The maximum absolute atomic E-state index is 12.7. The fraction of sp³-hybridized carbons (Fsp3) is 0.533. The van der Waals surface area contributed by atoms with Crippen LogP contribution in [-0.4, -0.2) is 36.0 Å². The third-order valence-electron chi connectivity index (χ3n) is 4.08. The smallest absolute Gasteiger partial charge is 0.258 e. The number of ether oxygens (including phenoxy) is 1. The molecule has 1 aromatic rings. The van der Waals surface area contributed by atoms with Crippen molar-refractivity contribution >= 4 is 5.91 Å². The second kappa shape index (κ2) is 5.21. The number of nitrogens with zero attached hydrogens (tertiary/aromatic N) is 1. The summed E-state index contributed by atoms with van der Waals surface area (Å²) in [6.07, 6.45) is 1.91. The molecule has 4 nitrogen and oxygen atoms in total. The molecule has 0 aliphatic carbocycles. The van der Waals surface area contributed by atoms with E-state index in [1.54, 1.807) is 13.2 Å². The number of methoxy groups -OCH3 is 1. The average molecular weight is 262 g/mol. The molecule has 0 aromatic heterocycles. The predicted molar refractivity (Wildman–Crippen MR) is 75.3 cm³/mol. The van der Waals surface area contributed by atoms with Crippen LogP contribution in [0.3, 0.4) is 0 Å². The fourth-order valence-electron chi connectivity index (χ4n) is 2.64. The van der Waals surface area contributed by atoms with Gasteiger partial charge in [-0.25, -0.2) is 0 Å². The van der Waals surface area contributed by atoms with Gasteiger partial charge in [-0.15, -0.1) is 0 Å². The molecule has 0 spiro atoms. The quantitative estimate of drug-likeness (QED) is 0.887. The summed E-state index contributed by atoms with van der Waals surface area (Å²) < 4.78 is 5.27. The molecular weight excluding hydrogens is 240 g/mol. The number of rotatable bonds is 2. The van der Waals surface area contributed by atoms with Crippen molar-refractivity contribution in [3.05, 3.63) is 29.8 Å². The second-order valence-corrected chi connectivity index (χ2v) is 5.56. The van der Waals surface area contributed by atoms with Crippen molar-refractivity contribution in [2.75, 3.05) is 13.7 Å². The number of carbonyl (C=O) groups is 1. The molecule has 2 N–H and O–H groups in total. The summed E-state index contributed by atoms with van der Waals surface area (Å²) in [6.45, 7) is 4.81. The number of hydrogen-bond donors (Lipinski definition) is 1. The summed E-state index contributed by atoms with van der Waals surface area (Å²) in [6, 6.07) is 7.34. The Bertz CT molecular complexity index is 471. The van der Waals surface area contributed by atoms with E-state index in [1.807, 2.05) is 36.9 Å². The van der Waals surface area contributed by atoms with E-state index in [-0.39, 0.29) is 17.5 Å². The summed E-state index contributed by atoms with van der Waals surface area (Å²) in [5, 5.41) is 0. The summed E-state index contributed by atoms with van der Waals surface area (Å²) >= 11 is 0. The van der Waals surface area contributed by atoms with E-state index in [2.05, 4.69) is 0 Å². The number of amides is 1. The highest BCUT2D eigenvalue weighted by Gasteiger charge is 2.39. The van der Waals surface area contributed by atoms with E-state index >= 15 is 0 Å². The van der Waals surface area contributed by atoms with Crippen LogP contribution in [0.1, 0.15) is 37.0 Å². The summed E-state index contributed by atoms with van der Waals surface area (Å²) in [5.41, 5.74) is 6.44. The van der Waals surface area contributed by atoms with Crippen molar-refractivity contribution in [2.24, 2.45) is 5.73 Å². The average Bonchev–Trinajstić information content (AvgIpc) is 2.41. The van der Waals surface area contributed by atoms with Crippen LogP contribution in [-0.2, 0) is 0 Å². The molecule has 19 heavy (non-hydrogen) atoms. The SMILES string of the molecule is COc1ccccc1C(=O)N1CCCC(N)C1(C)C. The number of benzene rings is 1. The van der Waals surface area contributed by atoms with Gasteiger partial charge in [-0.1, -0.05) is 12.1 Å². The molecule has 0 saturated carbocycles. The van der Waals surface area contributed by atoms with Crippen LogP contribution < -0.4 is 10.5 Å². The van der Waals surface area contributed by atoms with Crippen LogP contribution in [0.4, 0.5) is 0 Å².